The van der Waals surface area contributed by atoms with E-state index in [0.717, 1.165) is 31.5 Å². The number of hydrogen-bond donors (Lipinski definition) is 2. The molecule has 3 aliphatic rings. The van der Waals surface area contributed by atoms with Crippen LogP contribution in [0.15, 0.2) is 47.3 Å². The van der Waals surface area contributed by atoms with Crippen LogP contribution in [0.1, 0.15) is 36.2 Å². The van der Waals surface area contributed by atoms with Crippen LogP contribution in [-0.2, 0) is 24.2 Å². The number of aliphatic hydroxyl groups excluding tert-OH is 1. The molecule has 2 bridgehead atoms. The molecule has 2 N–H and O–H groups in total. The molecule has 2 aromatic rings. The molecular weight excluding hydrogens is 378 g/mol. The summed E-state index contributed by atoms with van der Waals surface area (Å²) in [6, 6.07) is 13.6. The number of aromatic nitrogens is 1. The molecule has 0 spiro atoms. The van der Waals surface area contributed by atoms with Gasteiger partial charge in [0.25, 0.3) is 5.56 Å². The molecule has 0 unspecified atom stereocenters. The largest absolute Gasteiger partial charge is 0.396 e. The smallest absolute Gasteiger partial charge is 0.250 e. The minimum Gasteiger partial charge on any atom is -0.396 e. The van der Waals surface area contributed by atoms with Crippen LogP contribution in [0, 0.1) is 11.8 Å². The fourth-order valence-electron chi connectivity index (χ4n) is 6.00. The van der Waals surface area contributed by atoms with Gasteiger partial charge in [0.2, 0.25) is 5.91 Å². The lowest BCUT2D eigenvalue weighted by Gasteiger charge is -2.38. The van der Waals surface area contributed by atoms with Crippen molar-refractivity contribution < 1.29 is 9.90 Å². The fourth-order valence-corrected chi connectivity index (χ4v) is 6.00. The van der Waals surface area contributed by atoms with E-state index in [-0.39, 0.29) is 48.0 Å². The molecule has 1 amide bonds. The van der Waals surface area contributed by atoms with Gasteiger partial charge >= 0.3 is 0 Å². The van der Waals surface area contributed by atoms with Gasteiger partial charge < -0.3 is 15.0 Å². The Balaban J connectivity index is 1.46. The van der Waals surface area contributed by atoms with E-state index >= 15 is 0 Å². The molecule has 1 aromatic heterocycles. The number of amides is 1. The Labute approximate surface area is 176 Å². The number of nitrogens with one attached hydrogen (secondary N) is 1. The van der Waals surface area contributed by atoms with Crippen LogP contribution in [-0.4, -0.2) is 45.7 Å². The van der Waals surface area contributed by atoms with E-state index in [0.29, 0.717) is 6.54 Å². The van der Waals surface area contributed by atoms with Crippen molar-refractivity contribution in [1.29, 1.82) is 0 Å². The summed E-state index contributed by atoms with van der Waals surface area (Å²) in [4.78, 5) is 28.4. The summed E-state index contributed by atoms with van der Waals surface area (Å²) < 4.78 is 1.81. The van der Waals surface area contributed by atoms with Crippen LogP contribution in [0.25, 0.3) is 0 Å². The van der Waals surface area contributed by atoms with E-state index in [1.807, 2.05) is 22.8 Å². The first kappa shape index (κ1) is 19.5. The Bertz CT molecular complexity index is 992. The van der Waals surface area contributed by atoms with E-state index in [2.05, 4.69) is 29.3 Å². The molecule has 30 heavy (non-hydrogen) atoms. The highest BCUT2D eigenvalue weighted by molar-refractivity contribution is 5.81. The molecule has 4 atom stereocenters. The zero-order valence-electron chi connectivity index (χ0n) is 17.3. The molecule has 6 nitrogen and oxygen atoms in total. The topological polar surface area (TPSA) is 74.6 Å². The average molecular weight is 408 g/mol. The van der Waals surface area contributed by atoms with Gasteiger partial charge in [0, 0.05) is 42.9 Å². The first-order chi connectivity index (χ1) is 14.6. The third-order valence-electron chi connectivity index (χ3n) is 7.23. The predicted molar refractivity (Wildman–Crippen MR) is 114 cm³/mol. The predicted octanol–water partition coefficient (Wildman–Crippen LogP) is 1.51. The van der Waals surface area contributed by atoms with Crippen LogP contribution in [0.3, 0.4) is 0 Å². The Morgan fingerprint density at radius 3 is 2.53 bits per heavy atom. The van der Waals surface area contributed by atoms with Crippen LogP contribution in [0.4, 0.5) is 0 Å². The Kier molecular flexibility index (Phi) is 4.99. The van der Waals surface area contributed by atoms with E-state index < -0.39 is 0 Å². The van der Waals surface area contributed by atoms with Gasteiger partial charge in [-0.2, -0.15) is 0 Å². The standard InChI is InChI=1S/C24H29N3O3/c1-2-10-26-20-13-27-19(8-5-9-21(27)29)23(26)22(18(20)14-28)24(30)25-17-11-15-6-3-4-7-16(15)12-17/h3-9,17-18,20,22-23,28H,2,10-14H2,1H3,(H,25,30)/t18-,20-,22+,23+/m0/s1. The summed E-state index contributed by atoms with van der Waals surface area (Å²) in [5, 5.41) is 13.6. The minimum atomic E-state index is -0.356. The lowest BCUT2D eigenvalue weighted by molar-refractivity contribution is -0.128. The number of aliphatic hydroxyl groups is 1. The van der Waals surface area contributed by atoms with Crippen molar-refractivity contribution in [3.63, 3.8) is 0 Å². The third-order valence-corrected chi connectivity index (χ3v) is 7.23. The second-order valence-electron chi connectivity index (χ2n) is 8.90. The van der Waals surface area contributed by atoms with Gasteiger partial charge in [0.05, 0.1) is 12.0 Å². The summed E-state index contributed by atoms with van der Waals surface area (Å²) in [6.07, 6.45) is 2.66. The zero-order valence-corrected chi connectivity index (χ0v) is 17.3. The second kappa shape index (κ2) is 7.67. The van der Waals surface area contributed by atoms with Gasteiger partial charge in [0.15, 0.2) is 0 Å². The van der Waals surface area contributed by atoms with Crippen molar-refractivity contribution in [2.24, 2.45) is 11.8 Å². The van der Waals surface area contributed by atoms with Crippen molar-refractivity contribution in [3.05, 3.63) is 69.6 Å². The number of pyridine rings is 1. The molecule has 0 radical (unpaired) electrons. The normalized spacial score (nSPS) is 27.7. The highest BCUT2D eigenvalue weighted by Crippen LogP contribution is 2.48. The summed E-state index contributed by atoms with van der Waals surface area (Å²) in [6.45, 7) is 3.47. The highest BCUT2D eigenvalue weighted by Gasteiger charge is 2.55. The van der Waals surface area contributed by atoms with Crippen molar-refractivity contribution >= 4 is 5.91 Å². The molecule has 158 valence electrons. The third kappa shape index (κ3) is 3.01. The SMILES string of the molecule is CCCN1[C@@H]2c3cccc(=O)n3C[C@H]1[C@H](CO)[C@H]2C(=O)NC1Cc2ccccc2C1. The molecule has 5 rings (SSSR count). The second-order valence-corrected chi connectivity index (χ2v) is 8.90. The van der Waals surface area contributed by atoms with E-state index in [9.17, 15) is 14.7 Å². The summed E-state index contributed by atoms with van der Waals surface area (Å²) in [7, 11) is 0. The number of rotatable bonds is 5. The molecule has 1 fully saturated rings. The summed E-state index contributed by atoms with van der Waals surface area (Å²) >= 11 is 0. The van der Waals surface area contributed by atoms with Crippen LogP contribution in [0.5, 0.6) is 0 Å². The first-order valence-corrected chi connectivity index (χ1v) is 11.1. The van der Waals surface area contributed by atoms with Gasteiger partial charge in [-0.15, -0.1) is 0 Å². The van der Waals surface area contributed by atoms with Crippen LogP contribution >= 0.6 is 0 Å². The van der Waals surface area contributed by atoms with Crippen LogP contribution < -0.4 is 10.9 Å². The maximum absolute atomic E-state index is 13.6. The van der Waals surface area contributed by atoms with Gasteiger partial charge in [-0.05, 0) is 43.0 Å². The number of fused-ring (bicyclic) bond motifs is 5. The number of hydrogen-bond acceptors (Lipinski definition) is 4. The minimum absolute atomic E-state index is 0.00377. The fraction of sp³-hybridized carbons (Fsp3) is 0.500. The van der Waals surface area contributed by atoms with E-state index in [4.69, 9.17) is 0 Å². The highest BCUT2D eigenvalue weighted by atomic mass is 16.3. The van der Waals surface area contributed by atoms with Crippen molar-refractivity contribution in [2.45, 2.75) is 50.9 Å². The maximum Gasteiger partial charge on any atom is 0.250 e. The van der Waals surface area contributed by atoms with E-state index in [1.165, 1.54) is 11.1 Å². The molecular formula is C24H29N3O3. The zero-order chi connectivity index (χ0) is 20.8. The summed E-state index contributed by atoms with van der Waals surface area (Å²) in [5.41, 5.74) is 3.48. The Morgan fingerprint density at radius 2 is 1.87 bits per heavy atom. The Hall–Kier alpha value is -2.44. The average Bonchev–Trinajstić information content (AvgIpc) is 3.23. The Morgan fingerprint density at radius 1 is 1.13 bits per heavy atom. The quantitative estimate of drug-likeness (QED) is 0.788. The number of benzene rings is 1. The van der Waals surface area contributed by atoms with Gasteiger partial charge in [0.1, 0.15) is 0 Å². The van der Waals surface area contributed by atoms with Crippen molar-refractivity contribution in [3.8, 4) is 0 Å². The molecule has 1 aromatic carbocycles. The lowest BCUT2D eigenvalue weighted by Crippen LogP contribution is -2.46. The molecule has 0 saturated carbocycles. The number of carbonyl (C=O) groups is 1. The van der Waals surface area contributed by atoms with Gasteiger partial charge in [-0.1, -0.05) is 37.3 Å². The molecule has 1 saturated heterocycles. The molecule has 6 heteroatoms. The maximum atomic E-state index is 13.6. The molecule has 2 aliphatic heterocycles. The van der Waals surface area contributed by atoms with Crippen molar-refractivity contribution in [2.75, 3.05) is 13.2 Å². The van der Waals surface area contributed by atoms with Gasteiger partial charge in [-0.25, -0.2) is 0 Å². The molecule has 1 aliphatic carbocycles. The molecule has 3 heterocycles. The summed E-state index contributed by atoms with van der Waals surface area (Å²) in [5.74, 6) is -0.527. The lowest BCUT2D eigenvalue weighted by atomic mass is 9.86. The first-order valence-electron chi connectivity index (χ1n) is 11.1. The number of nitrogens with zero attached hydrogens (tertiary/aromatic N) is 2. The van der Waals surface area contributed by atoms with Gasteiger partial charge in [-0.3, -0.25) is 14.5 Å². The van der Waals surface area contributed by atoms with Crippen molar-refractivity contribution in [1.82, 2.24) is 14.8 Å². The van der Waals surface area contributed by atoms with Crippen LogP contribution in [0.2, 0.25) is 0 Å². The van der Waals surface area contributed by atoms with E-state index in [1.54, 1.807) is 12.1 Å². The monoisotopic (exact) mass is 407 g/mol. The number of carbonyl (C=O) groups excluding carboxylic acids is 1.